The van der Waals surface area contributed by atoms with E-state index in [1.54, 1.807) is 45.2 Å². The van der Waals surface area contributed by atoms with Crippen LogP contribution in [0, 0.1) is 5.82 Å². The van der Waals surface area contributed by atoms with E-state index in [4.69, 9.17) is 4.74 Å². The third kappa shape index (κ3) is 4.30. The molecule has 1 heterocycles. The maximum atomic E-state index is 13.6. The molecular formula is C15H18FN3O2. The molecule has 0 aliphatic carbocycles. The fourth-order valence-electron chi connectivity index (χ4n) is 1.73. The number of aromatic nitrogens is 2. The summed E-state index contributed by atoms with van der Waals surface area (Å²) in [4.78, 5) is 18.7. The number of hydrogen-bond acceptors (Lipinski definition) is 3. The molecule has 2 N–H and O–H groups in total. The monoisotopic (exact) mass is 291 g/mol. The number of imidazole rings is 1. The van der Waals surface area contributed by atoms with E-state index in [0.29, 0.717) is 17.1 Å². The molecule has 1 amide bonds. The first-order valence-electron chi connectivity index (χ1n) is 6.61. The van der Waals surface area contributed by atoms with Crippen molar-refractivity contribution in [2.24, 2.45) is 0 Å². The van der Waals surface area contributed by atoms with Crippen LogP contribution in [0.25, 0.3) is 11.3 Å². The van der Waals surface area contributed by atoms with Crippen LogP contribution < -0.4 is 5.32 Å². The summed E-state index contributed by atoms with van der Waals surface area (Å²) < 4.78 is 18.8. The molecule has 6 heteroatoms. The number of ether oxygens (including phenoxy) is 1. The lowest BCUT2D eigenvalue weighted by Gasteiger charge is -2.19. The molecule has 1 aromatic heterocycles. The van der Waals surface area contributed by atoms with Crippen molar-refractivity contribution in [3.8, 4) is 11.3 Å². The highest BCUT2D eigenvalue weighted by molar-refractivity contribution is 5.67. The summed E-state index contributed by atoms with van der Waals surface area (Å²) in [7, 11) is 0. The number of nitrogens with one attached hydrogen (secondary N) is 2. The average molecular weight is 291 g/mol. The number of carbonyl (C=O) groups is 1. The number of nitrogens with zero attached hydrogens (tertiary/aromatic N) is 1. The lowest BCUT2D eigenvalue weighted by Crippen LogP contribution is -2.32. The van der Waals surface area contributed by atoms with Gasteiger partial charge in [0.2, 0.25) is 0 Å². The molecule has 0 spiro atoms. The van der Waals surface area contributed by atoms with Gasteiger partial charge in [-0.1, -0.05) is 12.1 Å². The predicted molar refractivity (Wildman–Crippen MR) is 77.1 cm³/mol. The van der Waals surface area contributed by atoms with Gasteiger partial charge in [-0.15, -0.1) is 0 Å². The Balaban J connectivity index is 1.98. The molecule has 21 heavy (non-hydrogen) atoms. The van der Waals surface area contributed by atoms with Crippen molar-refractivity contribution in [1.82, 2.24) is 15.3 Å². The smallest absolute Gasteiger partial charge is 0.408 e. The van der Waals surface area contributed by atoms with Gasteiger partial charge in [-0.2, -0.15) is 0 Å². The van der Waals surface area contributed by atoms with Crippen LogP contribution in [0.3, 0.4) is 0 Å². The molecule has 0 aliphatic heterocycles. The number of amides is 1. The number of halogens is 1. The highest BCUT2D eigenvalue weighted by Crippen LogP contribution is 2.20. The van der Waals surface area contributed by atoms with E-state index in [0.717, 1.165) is 0 Å². The summed E-state index contributed by atoms with van der Waals surface area (Å²) >= 11 is 0. The van der Waals surface area contributed by atoms with Gasteiger partial charge in [-0.3, -0.25) is 0 Å². The van der Waals surface area contributed by atoms with Crippen LogP contribution in [0.1, 0.15) is 26.6 Å². The maximum absolute atomic E-state index is 13.6. The molecule has 0 atom stereocenters. The minimum Gasteiger partial charge on any atom is -0.444 e. The first-order chi connectivity index (χ1) is 9.85. The zero-order valence-corrected chi connectivity index (χ0v) is 12.2. The minimum atomic E-state index is -0.550. The van der Waals surface area contributed by atoms with Crippen LogP contribution in [0.5, 0.6) is 0 Å². The van der Waals surface area contributed by atoms with Gasteiger partial charge in [0.1, 0.15) is 17.2 Å². The van der Waals surface area contributed by atoms with E-state index in [1.807, 2.05) is 0 Å². The molecule has 5 nitrogen and oxygen atoms in total. The second kappa shape index (κ2) is 5.95. The van der Waals surface area contributed by atoms with Crippen LogP contribution in [0.15, 0.2) is 30.5 Å². The van der Waals surface area contributed by atoms with Gasteiger partial charge >= 0.3 is 6.09 Å². The molecule has 0 saturated heterocycles. The summed E-state index contributed by atoms with van der Waals surface area (Å²) in [5, 5.41) is 2.59. The number of alkyl carbamates (subject to hydrolysis) is 1. The Bertz CT molecular complexity index is 632. The molecular weight excluding hydrogens is 273 g/mol. The Labute approximate surface area is 122 Å². The molecule has 1 aromatic carbocycles. The summed E-state index contributed by atoms with van der Waals surface area (Å²) in [6.45, 7) is 5.55. The Morgan fingerprint density at radius 3 is 2.76 bits per heavy atom. The zero-order chi connectivity index (χ0) is 15.5. The normalized spacial score (nSPS) is 11.2. The number of aromatic amines is 1. The number of carbonyl (C=O) groups excluding carboxylic acids is 1. The van der Waals surface area contributed by atoms with Gasteiger partial charge in [0, 0.05) is 11.8 Å². The zero-order valence-electron chi connectivity index (χ0n) is 12.2. The number of rotatable bonds is 3. The van der Waals surface area contributed by atoms with Crippen LogP contribution in [0.4, 0.5) is 9.18 Å². The fourth-order valence-corrected chi connectivity index (χ4v) is 1.73. The van der Waals surface area contributed by atoms with E-state index < -0.39 is 11.7 Å². The lowest BCUT2D eigenvalue weighted by molar-refractivity contribution is 0.0522. The van der Waals surface area contributed by atoms with Crippen molar-refractivity contribution in [3.05, 3.63) is 42.1 Å². The first kappa shape index (κ1) is 15.0. The summed E-state index contributed by atoms with van der Waals surface area (Å²) in [6, 6.07) is 6.39. The van der Waals surface area contributed by atoms with E-state index >= 15 is 0 Å². The van der Waals surface area contributed by atoms with Crippen LogP contribution in [-0.4, -0.2) is 21.7 Å². The summed E-state index contributed by atoms with van der Waals surface area (Å²) in [5.74, 6) is 0.190. The molecule has 2 aromatic rings. The Morgan fingerprint density at radius 2 is 2.10 bits per heavy atom. The molecule has 0 radical (unpaired) electrons. The SMILES string of the molecule is CC(C)(C)OC(=O)NCc1nc(-c2ccccc2F)c[nH]1. The molecule has 0 bridgehead atoms. The van der Waals surface area contributed by atoms with Gasteiger partial charge < -0.3 is 15.0 Å². The molecule has 0 fully saturated rings. The van der Waals surface area contributed by atoms with Gasteiger partial charge in [-0.05, 0) is 32.9 Å². The highest BCUT2D eigenvalue weighted by atomic mass is 19.1. The third-order valence-electron chi connectivity index (χ3n) is 2.58. The predicted octanol–water partition coefficient (Wildman–Crippen LogP) is 3.24. The molecule has 2 rings (SSSR count). The molecule has 0 unspecified atom stereocenters. The number of H-pyrrole nitrogens is 1. The largest absolute Gasteiger partial charge is 0.444 e. The van der Waals surface area contributed by atoms with Gasteiger partial charge in [-0.25, -0.2) is 14.2 Å². The van der Waals surface area contributed by atoms with Crippen molar-refractivity contribution in [2.75, 3.05) is 0 Å². The molecule has 112 valence electrons. The van der Waals surface area contributed by atoms with Crippen molar-refractivity contribution >= 4 is 6.09 Å². The maximum Gasteiger partial charge on any atom is 0.408 e. The average Bonchev–Trinajstić information content (AvgIpc) is 2.83. The van der Waals surface area contributed by atoms with Crippen LogP contribution >= 0.6 is 0 Å². The van der Waals surface area contributed by atoms with E-state index in [9.17, 15) is 9.18 Å². The minimum absolute atomic E-state index is 0.184. The summed E-state index contributed by atoms with van der Waals surface area (Å²) in [5.41, 5.74) is 0.359. The van der Waals surface area contributed by atoms with Gasteiger partial charge in [0.05, 0.1) is 12.2 Å². The van der Waals surface area contributed by atoms with Crippen LogP contribution in [0.2, 0.25) is 0 Å². The van der Waals surface area contributed by atoms with Crippen molar-refractivity contribution in [1.29, 1.82) is 0 Å². The lowest BCUT2D eigenvalue weighted by atomic mass is 10.1. The topological polar surface area (TPSA) is 67.0 Å². The first-order valence-corrected chi connectivity index (χ1v) is 6.61. The second-order valence-corrected chi connectivity index (χ2v) is 5.57. The highest BCUT2D eigenvalue weighted by Gasteiger charge is 2.16. The van der Waals surface area contributed by atoms with E-state index in [-0.39, 0.29) is 12.4 Å². The number of hydrogen-bond donors (Lipinski definition) is 2. The van der Waals surface area contributed by atoms with Gasteiger partial charge in [0.25, 0.3) is 0 Å². The van der Waals surface area contributed by atoms with Crippen molar-refractivity contribution < 1.29 is 13.9 Å². The Hall–Kier alpha value is -2.37. The molecule has 0 aliphatic rings. The Kier molecular flexibility index (Phi) is 4.26. The fraction of sp³-hybridized carbons (Fsp3) is 0.333. The number of benzene rings is 1. The standard InChI is InChI=1S/C15H18FN3O2/c1-15(2,3)21-14(20)18-9-13-17-8-12(19-13)10-6-4-5-7-11(10)16/h4-8H,9H2,1-3H3,(H,17,19)(H,18,20). The third-order valence-corrected chi connectivity index (χ3v) is 2.58. The Morgan fingerprint density at radius 1 is 1.38 bits per heavy atom. The van der Waals surface area contributed by atoms with Crippen LogP contribution in [-0.2, 0) is 11.3 Å². The van der Waals surface area contributed by atoms with E-state index in [2.05, 4.69) is 15.3 Å². The van der Waals surface area contributed by atoms with Gasteiger partial charge in [0.15, 0.2) is 0 Å². The summed E-state index contributed by atoms with van der Waals surface area (Å²) in [6.07, 6.45) is 1.08. The van der Waals surface area contributed by atoms with Crippen molar-refractivity contribution in [3.63, 3.8) is 0 Å². The van der Waals surface area contributed by atoms with E-state index in [1.165, 1.54) is 6.07 Å². The second-order valence-electron chi connectivity index (χ2n) is 5.57. The quantitative estimate of drug-likeness (QED) is 0.912. The molecule has 0 saturated carbocycles. The van der Waals surface area contributed by atoms with Crippen molar-refractivity contribution in [2.45, 2.75) is 32.9 Å².